The highest BCUT2D eigenvalue weighted by Crippen LogP contribution is 2.17. The summed E-state index contributed by atoms with van der Waals surface area (Å²) in [6, 6.07) is -0.725. The molecule has 3 N–H and O–H groups in total. The van der Waals surface area contributed by atoms with Gasteiger partial charge in [-0.2, -0.15) is 0 Å². The van der Waals surface area contributed by atoms with E-state index in [0.717, 1.165) is 51.4 Å². The largest absolute Gasteiger partial charge is 0.462 e. The molecule has 0 rings (SSSR count). The Morgan fingerprint density at radius 2 is 0.917 bits per heavy atom. The van der Waals surface area contributed by atoms with E-state index in [9.17, 15) is 19.8 Å². The minimum Gasteiger partial charge on any atom is -0.462 e. The van der Waals surface area contributed by atoms with Crippen LogP contribution in [0.25, 0.3) is 0 Å². The van der Waals surface area contributed by atoms with Crippen molar-refractivity contribution in [2.45, 2.75) is 277 Å². The van der Waals surface area contributed by atoms with Crippen LogP contribution in [0.3, 0.4) is 0 Å². The first-order chi connectivity index (χ1) is 29.5. The van der Waals surface area contributed by atoms with E-state index in [2.05, 4.69) is 68.6 Å². The van der Waals surface area contributed by atoms with Gasteiger partial charge in [0.1, 0.15) is 6.10 Å². The van der Waals surface area contributed by atoms with Gasteiger partial charge in [0, 0.05) is 6.42 Å². The Hall–Kier alpha value is -2.18. The molecule has 3 unspecified atom stereocenters. The smallest absolute Gasteiger partial charge is 0.306 e. The number of ether oxygens (including phenoxy) is 1. The molecule has 0 aliphatic heterocycles. The lowest BCUT2D eigenvalue weighted by Gasteiger charge is -2.24. The van der Waals surface area contributed by atoms with E-state index in [1.165, 1.54) is 154 Å². The first-order valence-electron chi connectivity index (χ1n) is 25.9. The minimum atomic E-state index is -0.807. The van der Waals surface area contributed by atoms with Crippen molar-refractivity contribution in [3.63, 3.8) is 0 Å². The highest BCUT2D eigenvalue weighted by molar-refractivity contribution is 5.77. The number of rotatable bonds is 46. The Labute approximate surface area is 372 Å². The van der Waals surface area contributed by atoms with Gasteiger partial charge in [-0.25, -0.2) is 0 Å². The number of carbonyl (C=O) groups is 2. The van der Waals surface area contributed by atoms with Gasteiger partial charge in [0.15, 0.2) is 0 Å². The lowest BCUT2D eigenvalue weighted by atomic mass is 10.0. The summed E-state index contributed by atoms with van der Waals surface area (Å²) in [6.45, 7) is 6.45. The van der Waals surface area contributed by atoms with Crippen LogP contribution >= 0.6 is 0 Å². The fourth-order valence-corrected chi connectivity index (χ4v) is 7.72. The second-order valence-electron chi connectivity index (χ2n) is 17.6. The number of unbranched alkanes of at least 4 members (excludes halogenated alkanes) is 27. The second-order valence-corrected chi connectivity index (χ2v) is 17.6. The standard InChI is InChI=1S/C54H99NO5/c1-4-7-10-13-16-19-22-25-28-30-33-36-39-42-45-50(60-54(59)47-44-41-38-35-32-27-24-21-18-15-12-9-6-3)48-53(58)55-51(49-56)52(57)46-43-40-37-34-31-29-26-23-20-17-14-11-8-5-2/h27-28,30,32-33,36,38,41,50-52,56-57H,4-26,29,31,34-35,37,39-40,42-49H2,1-3H3,(H,55,58)/b30-28+,32-27-,36-33+,41-38+. The molecule has 0 bridgehead atoms. The summed E-state index contributed by atoms with van der Waals surface area (Å²) in [7, 11) is 0. The normalized spacial score (nSPS) is 13.6. The first-order valence-corrected chi connectivity index (χ1v) is 25.9. The molecule has 3 atom stereocenters. The van der Waals surface area contributed by atoms with Gasteiger partial charge in [0.05, 0.1) is 25.2 Å². The van der Waals surface area contributed by atoms with E-state index in [-0.39, 0.29) is 31.3 Å². The molecule has 60 heavy (non-hydrogen) atoms. The topological polar surface area (TPSA) is 95.9 Å². The molecule has 0 radical (unpaired) electrons. The van der Waals surface area contributed by atoms with Gasteiger partial charge in [-0.05, 0) is 64.2 Å². The molecule has 0 aromatic heterocycles. The number of hydrogen-bond donors (Lipinski definition) is 3. The van der Waals surface area contributed by atoms with E-state index in [1.807, 2.05) is 6.08 Å². The molecule has 0 fully saturated rings. The zero-order valence-corrected chi connectivity index (χ0v) is 39.8. The molecule has 0 aliphatic rings. The van der Waals surface area contributed by atoms with Gasteiger partial charge in [-0.3, -0.25) is 9.59 Å². The monoisotopic (exact) mass is 842 g/mol. The van der Waals surface area contributed by atoms with Gasteiger partial charge in [0.2, 0.25) is 5.91 Å². The fourth-order valence-electron chi connectivity index (χ4n) is 7.72. The molecule has 0 aromatic rings. The maximum atomic E-state index is 13.2. The van der Waals surface area contributed by atoms with Gasteiger partial charge >= 0.3 is 5.97 Å². The molecular weight excluding hydrogens is 743 g/mol. The van der Waals surface area contributed by atoms with Crippen molar-refractivity contribution in [3.8, 4) is 0 Å². The minimum absolute atomic E-state index is 0.0229. The third kappa shape index (κ3) is 42.5. The number of esters is 1. The number of allylic oxidation sites excluding steroid dienone is 8. The maximum Gasteiger partial charge on any atom is 0.306 e. The Kier molecular flexibility index (Phi) is 46.1. The predicted molar refractivity (Wildman–Crippen MR) is 259 cm³/mol. The van der Waals surface area contributed by atoms with E-state index < -0.39 is 18.2 Å². The summed E-state index contributed by atoms with van der Waals surface area (Å²) < 4.78 is 5.86. The van der Waals surface area contributed by atoms with E-state index in [4.69, 9.17) is 4.74 Å². The summed E-state index contributed by atoms with van der Waals surface area (Å²) in [5.74, 6) is -0.597. The van der Waals surface area contributed by atoms with Crippen molar-refractivity contribution in [3.05, 3.63) is 48.6 Å². The molecule has 0 saturated heterocycles. The number of carbonyl (C=O) groups excluding carboxylic acids is 2. The van der Waals surface area contributed by atoms with Crippen LogP contribution in [0.2, 0.25) is 0 Å². The second kappa shape index (κ2) is 47.9. The van der Waals surface area contributed by atoms with Crippen LogP contribution < -0.4 is 5.32 Å². The lowest BCUT2D eigenvalue weighted by Crippen LogP contribution is -2.46. The Morgan fingerprint density at radius 1 is 0.500 bits per heavy atom. The Bertz CT molecular complexity index is 1040. The average Bonchev–Trinajstić information content (AvgIpc) is 3.24. The Balaban J connectivity index is 4.69. The summed E-state index contributed by atoms with van der Waals surface area (Å²) in [4.78, 5) is 26.1. The lowest BCUT2D eigenvalue weighted by molar-refractivity contribution is -0.150. The van der Waals surface area contributed by atoms with Crippen LogP contribution in [0.4, 0.5) is 0 Å². The van der Waals surface area contributed by atoms with Crippen molar-refractivity contribution >= 4 is 11.9 Å². The predicted octanol–water partition coefficient (Wildman–Crippen LogP) is 15.5. The summed E-state index contributed by atoms with van der Waals surface area (Å²) in [5.41, 5.74) is 0. The van der Waals surface area contributed by atoms with Crippen molar-refractivity contribution in [2.24, 2.45) is 0 Å². The third-order valence-electron chi connectivity index (χ3n) is 11.7. The molecular formula is C54H99NO5. The van der Waals surface area contributed by atoms with Gasteiger partial charge in [0.25, 0.3) is 0 Å². The third-order valence-corrected chi connectivity index (χ3v) is 11.7. The van der Waals surface area contributed by atoms with Crippen LogP contribution in [0.5, 0.6) is 0 Å². The highest BCUT2D eigenvalue weighted by atomic mass is 16.5. The maximum absolute atomic E-state index is 13.2. The van der Waals surface area contributed by atoms with Gasteiger partial charge in [-0.1, -0.05) is 230 Å². The van der Waals surface area contributed by atoms with E-state index in [1.54, 1.807) is 0 Å². The van der Waals surface area contributed by atoms with Gasteiger partial charge in [-0.15, -0.1) is 0 Å². The van der Waals surface area contributed by atoms with Crippen LogP contribution in [-0.4, -0.2) is 46.9 Å². The van der Waals surface area contributed by atoms with Gasteiger partial charge < -0.3 is 20.3 Å². The molecule has 6 nitrogen and oxygen atoms in total. The molecule has 350 valence electrons. The fraction of sp³-hybridized carbons (Fsp3) is 0.815. The zero-order chi connectivity index (χ0) is 43.8. The first kappa shape index (κ1) is 57.8. The van der Waals surface area contributed by atoms with Crippen LogP contribution in [0, 0.1) is 0 Å². The molecule has 0 saturated carbocycles. The SMILES string of the molecule is CCCCCCCC/C=C\C/C=C/CCC(=O)OC(CCC/C=C/C=C/CCCCCCCCC)CC(=O)NC(CO)C(O)CCCCCCCCCCCCCCCC. The van der Waals surface area contributed by atoms with Crippen molar-refractivity contribution < 1.29 is 24.5 Å². The number of aliphatic hydroxyl groups is 2. The molecule has 1 amide bonds. The number of nitrogens with one attached hydrogen (secondary N) is 1. The van der Waals surface area contributed by atoms with Crippen molar-refractivity contribution in [1.82, 2.24) is 5.32 Å². The van der Waals surface area contributed by atoms with Crippen molar-refractivity contribution in [2.75, 3.05) is 6.61 Å². The number of hydrogen-bond acceptors (Lipinski definition) is 5. The van der Waals surface area contributed by atoms with Crippen LogP contribution in [-0.2, 0) is 14.3 Å². The molecule has 0 heterocycles. The molecule has 0 spiro atoms. The van der Waals surface area contributed by atoms with Crippen LogP contribution in [0.1, 0.15) is 258 Å². The highest BCUT2D eigenvalue weighted by Gasteiger charge is 2.23. The van der Waals surface area contributed by atoms with Crippen LogP contribution in [0.15, 0.2) is 48.6 Å². The molecule has 0 aliphatic carbocycles. The number of aliphatic hydroxyl groups excluding tert-OH is 2. The Morgan fingerprint density at radius 3 is 1.40 bits per heavy atom. The summed E-state index contributed by atoms with van der Waals surface area (Å²) in [5, 5.41) is 23.7. The number of amides is 1. The zero-order valence-electron chi connectivity index (χ0n) is 39.8. The van der Waals surface area contributed by atoms with Crippen molar-refractivity contribution in [1.29, 1.82) is 0 Å². The summed E-state index contributed by atoms with van der Waals surface area (Å²) >= 11 is 0. The quantitative estimate of drug-likeness (QED) is 0.0246. The molecule has 0 aromatic carbocycles. The van der Waals surface area contributed by atoms with E-state index >= 15 is 0 Å². The average molecular weight is 842 g/mol. The molecule has 6 heteroatoms. The van der Waals surface area contributed by atoms with E-state index in [0.29, 0.717) is 19.3 Å². The summed E-state index contributed by atoms with van der Waals surface area (Å²) in [6.07, 6.45) is 57.6.